The number of halogens is 2. The predicted molar refractivity (Wildman–Crippen MR) is 89.7 cm³/mol. The Bertz CT molecular complexity index is 548. The van der Waals surface area contributed by atoms with E-state index in [9.17, 15) is 4.79 Å². The topological polar surface area (TPSA) is 17.1 Å². The van der Waals surface area contributed by atoms with E-state index in [1.165, 1.54) is 3.61 Å². The van der Waals surface area contributed by atoms with E-state index in [0.29, 0.717) is 9.75 Å². The molecule has 1 aromatic carbocycles. The van der Waals surface area contributed by atoms with E-state index in [4.69, 9.17) is 0 Å². The molecule has 0 N–H and O–H groups in total. The van der Waals surface area contributed by atoms with Crippen molar-refractivity contribution in [1.82, 2.24) is 0 Å². The number of hydrogen-bond donors (Lipinski definition) is 0. The van der Waals surface area contributed by atoms with Crippen LogP contribution in [0.1, 0.15) is 10.4 Å². The molecule has 2 unspecified atom stereocenters. The summed E-state index contributed by atoms with van der Waals surface area (Å²) in [5, 5.41) is 0. The van der Waals surface area contributed by atoms with E-state index >= 15 is 0 Å². The summed E-state index contributed by atoms with van der Waals surface area (Å²) in [6, 6.07) is 8.20. The van der Waals surface area contributed by atoms with Crippen molar-refractivity contribution in [3.05, 3.63) is 54.1 Å². The van der Waals surface area contributed by atoms with E-state index in [2.05, 4.69) is 67.8 Å². The fourth-order valence-corrected chi connectivity index (χ4v) is 19.4. The molecular formula is C13H10I2OTe. The number of rotatable bonds is 0. The summed E-state index contributed by atoms with van der Waals surface area (Å²) >= 11 is 5.33. The van der Waals surface area contributed by atoms with Gasteiger partial charge in [0.05, 0.1) is 0 Å². The first-order valence-electron chi connectivity index (χ1n) is 5.32. The van der Waals surface area contributed by atoms with Gasteiger partial charge < -0.3 is 0 Å². The zero-order valence-corrected chi connectivity index (χ0v) is 15.5. The van der Waals surface area contributed by atoms with Crippen LogP contribution < -0.4 is 3.61 Å². The Balaban J connectivity index is 2.25. The number of ketones is 1. The second-order valence-electron chi connectivity index (χ2n) is 4.13. The third-order valence-electron chi connectivity index (χ3n) is 3.17. The molecule has 4 heteroatoms. The minimum absolute atomic E-state index is 0.0879. The molecule has 0 saturated heterocycles. The molecule has 88 valence electrons. The number of carbonyl (C=O) groups is 1. The predicted octanol–water partition coefficient (Wildman–Crippen LogP) is 3.51. The van der Waals surface area contributed by atoms with E-state index in [-0.39, 0.29) is 5.92 Å². The minimum atomic E-state index is -2.22. The molecular weight excluding hydrogens is 554 g/mol. The van der Waals surface area contributed by atoms with Crippen molar-refractivity contribution in [2.45, 2.75) is 3.97 Å². The molecule has 2 aliphatic rings. The zero-order valence-electron chi connectivity index (χ0n) is 8.85. The average Bonchev–Trinajstić information content (AvgIpc) is 2.37. The van der Waals surface area contributed by atoms with E-state index in [0.717, 1.165) is 5.56 Å². The standard InChI is InChI=1S/C13H10I2OTe/c14-17(15)11-7-3-1-5-9(11)13(16)10-6-2-4-8-12(10)17/h1-9,11H. The number of benzene rings is 1. The molecule has 0 bridgehead atoms. The average molecular weight is 564 g/mol. The van der Waals surface area contributed by atoms with Gasteiger partial charge in [0.1, 0.15) is 0 Å². The SMILES string of the molecule is O=C1c2ccccc2[Te](I)(I)C2C=CC=CC12. The summed E-state index contributed by atoms with van der Waals surface area (Å²) in [5.41, 5.74) is 0.971. The van der Waals surface area contributed by atoms with Crippen molar-refractivity contribution in [3.63, 3.8) is 0 Å². The van der Waals surface area contributed by atoms with Crippen molar-refractivity contribution in [2.75, 3.05) is 0 Å². The van der Waals surface area contributed by atoms with Gasteiger partial charge in [-0.1, -0.05) is 0 Å². The molecule has 1 aliphatic carbocycles. The molecule has 1 heterocycles. The fraction of sp³-hybridized carbons (Fsp3) is 0.154. The zero-order chi connectivity index (χ0) is 12.0. The van der Waals surface area contributed by atoms with Crippen molar-refractivity contribution < 1.29 is 4.79 Å². The number of carbonyl (C=O) groups excluding carboxylic acids is 1. The fourth-order valence-electron chi connectivity index (χ4n) is 2.34. The van der Waals surface area contributed by atoms with Crippen LogP contribution in [0, 0.1) is 5.92 Å². The van der Waals surface area contributed by atoms with Crippen LogP contribution in [0.3, 0.4) is 0 Å². The maximum atomic E-state index is 12.5. The van der Waals surface area contributed by atoms with Gasteiger partial charge in [-0.15, -0.1) is 0 Å². The quantitative estimate of drug-likeness (QED) is 0.349. The van der Waals surface area contributed by atoms with Gasteiger partial charge in [-0.25, -0.2) is 0 Å². The monoisotopic (exact) mass is 566 g/mol. The Kier molecular flexibility index (Phi) is 3.44. The van der Waals surface area contributed by atoms with Crippen LogP contribution in [0.2, 0.25) is 3.97 Å². The number of allylic oxidation sites excluding steroid dienone is 4. The van der Waals surface area contributed by atoms with Gasteiger partial charge in [0.15, 0.2) is 0 Å². The first-order valence-corrected chi connectivity index (χ1v) is 21.4. The summed E-state index contributed by atoms with van der Waals surface area (Å²) in [6.45, 7) is 0. The summed E-state index contributed by atoms with van der Waals surface area (Å²) < 4.78 is 1.80. The molecule has 0 spiro atoms. The van der Waals surface area contributed by atoms with Crippen LogP contribution in [-0.2, 0) is 0 Å². The van der Waals surface area contributed by atoms with E-state index in [1.807, 2.05) is 18.2 Å². The summed E-state index contributed by atoms with van der Waals surface area (Å²) in [5.74, 6) is 0.395. The van der Waals surface area contributed by atoms with Gasteiger partial charge in [0.2, 0.25) is 0 Å². The van der Waals surface area contributed by atoms with E-state index < -0.39 is 10.3 Å². The molecule has 0 saturated carbocycles. The number of Topliss-reactive ketones (excluding diaryl/α,β-unsaturated/α-hetero) is 1. The summed E-state index contributed by atoms with van der Waals surface area (Å²) in [6.07, 6.45) is 8.44. The number of hydrogen-bond acceptors (Lipinski definition) is 1. The molecule has 2 atom stereocenters. The van der Waals surface area contributed by atoms with Gasteiger partial charge in [-0.3, -0.25) is 0 Å². The molecule has 0 amide bonds. The molecule has 17 heavy (non-hydrogen) atoms. The third-order valence-corrected chi connectivity index (χ3v) is 23.3. The summed E-state index contributed by atoms with van der Waals surface area (Å²) in [7, 11) is -2.22. The van der Waals surface area contributed by atoms with Crippen molar-refractivity contribution in [3.8, 4) is 0 Å². The second kappa shape index (κ2) is 4.62. The molecule has 1 nitrogen and oxygen atoms in total. The second-order valence-corrected chi connectivity index (χ2v) is 39.8. The van der Waals surface area contributed by atoms with Crippen molar-refractivity contribution >= 4 is 57.1 Å². The molecule has 3 rings (SSSR count). The van der Waals surface area contributed by atoms with Crippen molar-refractivity contribution in [2.24, 2.45) is 5.92 Å². The van der Waals surface area contributed by atoms with Crippen LogP contribution in [0.15, 0.2) is 48.6 Å². The third kappa shape index (κ3) is 1.96. The van der Waals surface area contributed by atoms with Gasteiger partial charge in [0, 0.05) is 0 Å². The molecule has 1 aliphatic heterocycles. The van der Waals surface area contributed by atoms with Gasteiger partial charge in [-0.05, 0) is 0 Å². The Morgan fingerprint density at radius 2 is 1.76 bits per heavy atom. The normalized spacial score (nSPS) is 30.6. The van der Waals surface area contributed by atoms with Crippen LogP contribution in [-0.4, -0.2) is 16.1 Å². The van der Waals surface area contributed by atoms with Gasteiger partial charge in [0.25, 0.3) is 0 Å². The Morgan fingerprint density at radius 1 is 1.06 bits per heavy atom. The van der Waals surface area contributed by atoms with E-state index in [1.54, 1.807) is 0 Å². The Morgan fingerprint density at radius 3 is 2.59 bits per heavy atom. The first-order chi connectivity index (χ1) is 8.12. The van der Waals surface area contributed by atoms with Crippen LogP contribution in [0.25, 0.3) is 0 Å². The van der Waals surface area contributed by atoms with Gasteiger partial charge in [-0.2, -0.15) is 0 Å². The molecule has 0 radical (unpaired) electrons. The molecule has 0 aromatic heterocycles. The molecule has 0 fully saturated rings. The Hall–Kier alpha value is 0.620. The van der Waals surface area contributed by atoms with Crippen LogP contribution in [0.5, 0.6) is 0 Å². The van der Waals surface area contributed by atoms with Gasteiger partial charge >= 0.3 is 126 Å². The Labute approximate surface area is 124 Å². The number of fused-ring (bicyclic) bond motifs is 2. The first kappa shape index (κ1) is 12.6. The maximum absolute atomic E-state index is 12.5. The van der Waals surface area contributed by atoms with Crippen LogP contribution in [0.4, 0.5) is 0 Å². The van der Waals surface area contributed by atoms with Crippen molar-refractivity contribution in [1.29, 1.82) is 0 Å². The summed E-state index contributed by atoms with van der Waals surface area (Å²) in [4.78, 5) is 12.5. The molecule has 1 aromatic rings. The van der Waals surface area contributed by atoms with Crippen LogP contribution >= 0.6 is 37.4 Å².